The largest absolute Gasteiger partial charge is 0.398 e. The Balaban J connectivity index is 2.59. The normalized spacial score (nSPS) is 10.3. The molecular formula is C12H11FN2. The zero-order chi connectivity index (χ0) is 10.8. The van der Waals surface area contributed by atoms with E-state index in [9.17, 15) is 4.39 Å². The average Bonchev–Trinajstić information content (AvgIpc) is 2.25. The minimum absolute atomic E-state index is 0.257. The number of aryl methyl sites for hydroxylation is 1. The number of nitrogen functional groups attached to an aromatic ring is 1. The average molecular weight is 202 g/mol. The molecular weight excluding hydrogens is 191 g/mol. The van der Waals surface area contributed by atoms with Gasteiger partial charge in [-0.3, -0.25) is 4.98 Å². The lowest BCUT2D eigenvalue weighted by Gasteiger charge is -2.06. The van der Waals surface area contributed by atoms with E-state index in [-0.39, 0.29) is 5.82 Å². The van der Waals surface area contributed by atoms with Crippen molar-refractivity contribution < 1.29 is 4.39 Å². The summed E-state index contributed by atoms with van der Waals surface area (Å²) >= 11 is 0. The third kappa shape index (κ3) is 1.81. The third-order valence-electron chi connectivity index (χ3n) is 2.35. The number of rotatable bonds is 1. The van der Waals surface area contributed by atoms with Crippen LogP contribution >= 0.6 is 0 Å². The van der Waals surface area contributed by atoms with Crippen LogP contribution in [0.15, 0.2) is 36.7 Å². The summed E-state index contributed by atoms with van der Waals surface area (Å²) in [5.74, 6) is -0.257. The monoisotopic (exact) mass is 202 g/mol. The predicted molar refractivity (Wildman–Crippen MR) is 58.8 cm³/mol. The van der Waals surface area contributed by atoms with Crippen LogP contribution < -0.4 is 5.73 Å². The van der Waals surface area contributed by atoms with E-state index in [0.29, 0.717) is 11.3 Å². The maximum Gasteiger partial charge on any atom is 0.131 e. The van der Waals surface area contributed by atoms with E-state index in [4.69, 9.17) is 5.73 Å². The van der Waals surface area contributed by atoms with Gasteiger partial charge in [0.05, 0.1) is 0 Å². The van der Waals surface area contributed by atoms with Crippen molar-refractivity contribution in [3.05, 3.63) is 48.0 Å². The minimum atomic E-state index is -0.257. The molecule has 0 amide bonds. The highest BCUT2D eigenvalue weighted by Crippen LogP contribution is 2.26. The van der Waals surface area contributed by atoms with Crippen molar-refractivity contribution >= 4 is 5.69 Å². The lowest BCUT2D eigenvalue weighted by atomic mass is 10.0. The molecule has 3 heteroatoms. The Bertz CT molecular complexity index is 480. The van der Waals surface area contributed by atoms with Gasteiger partial charge >= 0.3 is 0 Å². The smallest absolute Gasteiger partial charge is 0.131 e. The fraction of sp³-hybridized carbons (Fsp3) is 0.0833. The quantitative estimate of drug-likeness (QED) is 0.722. The van der Waals surface area contributed by atoms with Crippen LogP contribution in [-0.2, 0) is 0 Å². The van der Waals surface area contributed by atoms with Crippen LogP contribution in [0, 0.1) is 12.7 Å². The molecule has 0 atom stereocenters. The van der Waals surface area contributed by atoms with Gasteiger partial charge in [-0.25, -0.2) is 4.39 Å². The summed E-state index contributed by atoms with van der Waals surface area (Å²) < 4.78 is 13.6. The highest BCUT2D eigenvalue weighted by Gasteiger charge is 2.07. The number of aromatic nitrogens is 1. The lowest BCUT2D eigenvalue weighted by molar-refractivity contribution is 0.630. The molecule has 2 aromatic rings. The van der Waals surface area contributed by atoms with E-state index in [2.05, 4.69) is 4.98 Å². The molecule has 2 rings (SSSR count). The number of nitrogens with two attached hydrogens (primary N) is 1. The summed E-state index contributed by atoms with van der Waals surface area (Å²) in [6, 6.07) is 6.62. The summed E-state index contributed by atoms with van der Waals surface area (Å²) in [6.07, 6.45) is 3.26. The van der Waals surface area contributed by atoms with Gasteiger partial charge in [-0.05, 0) is 42.3 Å². The zero-order valence-electron chi connectivity index (χ0n) is 8.37. The van der Waals surface area contributed by atoms with Gasteiger partial charge in [0.25, 0.3) is 0 Å². The van der Waals surface area contributed by atoms with Crippen LogP contribution in [0.3, 0.4) is 0 Å². The molecule has 0 aliphatic carbocycles. The van der Waals surface area contributed by atoms with Crippen molar-refractivity contribution in [2.75, 3.05) is 5.73 Å². The van der Waals surface area contributed by atoms with Crippen molar-refractivity contribution in [1.29, 1.82) is 0 Å². The van der Waals surface area contributed by atoms with Crippen molar-refractivity contribution in [1.82, 2.24) is 4.98 Å². The molecule has 2 nitrogen and oxygen atoms in total. The third-order valence-corrected chi connectivity index (χ3v) is 2.35. The maximum atomic E-state index is 13.6. The number of hydrogen-bond acceptors (Lipinski definition) is 2. The van der Waals surface area contributed by atoms with E-state index in [1.165, 1.54) is 6.07 Å². The van der Waals surface area contributed by atoms with Crippen LogP contribution in [-0.4, -0.2) is 4.98 Å². The topological polar surface area (TPSA) is 38.9 Å². The van der Waals surface area contributed by atoms with Crippen molar-refractivity contribution in [2.24, 2.45) is 0 Å². The molecule has 2 N–H and O–H groups in total. The summed E-state index contributed by atoms with van der Waals surface area (Å²) in [5.41, 5.74) is 8.40. The second-order valence-electron chi connectivity index (χ2n) is 3.42. The molecule has 0 spiro atoms. The molecule has 0 aliphatic rings. The van der Waals surface area contributed by atoms with Gasteiger partial charge in [0.2, 0.25) is 0 Å². The second-order valence-corrected chi connectivity index (χ2v) is 3.42. The first-order valence-electron chi connectivity index (χ1n) is 4.64. The van der Waals surface area contributed by atoms with Crippen molar-refractivity contribution in [3.63, 3.8) is 0 Å². The number of nitrogens with zero attached hydrogens (tertiary/aromatic N) is 1. The highest BCUT2D eigenvalue weighted by atomic mass is 19.1. The van der Waals surface area contributed by atoms with Crippen molar-refractivity contribution in [3.8, 4) is 11.1 Å². The molecule has 0 fully saturated rings. The van der Waals surface area contributed by atoms with Gasteiger partial charge in [-0.1, -0.05) is 0 Å². The molecule has 15 heavy (non-hydrogen) atoms. The SMILES string of the molecule is Cc1cc(F)c(-c2ccncc2)cc1N. The molecule has 1 aromatic carbocycles. The predicted octanol–water partition coefficient (Wildman–Crippen LogP) is 2.78. The van der Waals surface area contributed by atoms with Crippen LogP contribution in [0.2, 0.25) is 0 Å². The molecule has 0 saturated carbocycles. The molecule has 0 saturated heterocycles. The van der Waals surface area contributed by atoms with Gasteiger partial charge in [-0.15, -0.1) is 0 Å². The van der Waals surface area contributed by atoms with Crippen LogP contribution in [0.25, 0.3) is 11.1 Å². The Morgan fingerprint density at radius 1 is 1.20 bits per heavy atom. The van der Waals surface area contributed by atoms with Gasteiger partial charge < -0.3 is 5.73 Å². The fourth-order valence-corrected chi connectivity index (χ4v) is 1.44. The van der Waals surface area contributed by atoms with Crippen molar-refractivity contribution in [2.45, 2.75) is 6.92 Å². The Morgan fingerprint density at radius 2 is 1.87 bits per heavy atom. The van der Waals surface area contributed by atoms with Gasteiger partial charge in [-0.2, -0.15) is 0 Å². The Kier molecular flexibility index (Phi) is 2.37. The standard InChI is InChI=1S/C12H11FN2/c1-8-6-11(13)10(7-12(8)14)9-2-4-15-5-3-9/h2-7H,14H2,1H3. The first-order valence-corrected chi connectivity index (χ1v) is 4.64. The molecule has 0 bridgehead atoms. The van der Waals surface area contributed by atoms with Crippen LogP contribution in [0.4, 0.5) is 10.1 Å². The Labute approximate surface area is 87.6 Å². The number of halogens is 1. The first kappa shape index (κ1) is 9.65. The first-order chi connectivity index (χ1) is 7.18. The summed E-state index contributed by atoms with van der Waals surface area (Å²) in [6.45, 7) is 1.79. The van der Waals surface area contributed by atoms with Gasteiger partial charge in [0.15, 0.2) is 0 Å². The van der Waals surface area contributed by atoms with E-state index >= 15 is 0 Å². The van der Waals surface area contributed by atoms with E-state index in [0.717, 1.165) is 11.1 Å². The summed E-state index contributed by atoms with van der Waals surface area (Å²) in [7, 11) is 0. The summed E-state index contributed by atoms with van der Waals surface area (Å²) in [5, 5.41) is 0. The summed E-state index contributed by atoms with van der Waals surface area (Å²) in [4.78, 5) is 3.89. The van der Waals surface area contributed by atoms with E-state index < -0.39 is 0 Å². The van der Waals surface area contributed by atoms with Gasteiger partial charge in [0.1, 0.15) is 5.82 Å². The molecule has 0 aliphatic heterocycles. The molecule has 0 radical (unpaired) electrons. The molecule has 0 unspecified atom stereocenters. The number of benzene rings is 1. The molecule has 1 heterocycles. The van der Waals surface area contributed by atoms with E-state index in [1.807, 2.05) is 0 Å². The molecule has 1 aromatic heterocycles. The number of pyridine rings is 1. The minimum Gasteiger partial charge on any atom is -0.398 e. The van der Waals surface area contributed by atoms with Gasteiger partial charge in [0, 0.05) is 23.6 Å². The second kappa shape index (κ2) is 3.69. The highest BCUT2D eigenvalue weighted by molar-refractivity contribution is 5.69. The number of hydrogen-bond donors (Lipinski definition) is 1. The molecule has 76 valence electrons. The maximum absolute atomic E-state index is 13.6. The lowest BCUT2D eigenvalue weighted by Crippen LogP contribution is -1.93. The number of anilines is 1. The van der Waals surface area contributed by atoms with Crippen LogP contribution in [0.5, 0.6) is 0 Å². The van der Waals surface area contributed by atoms with E-state index in [1.54, 1.807) is 37.5 Å². The Morgan fingerprint density at radius 3 is 2.53 bits per heavy atom. The zero-order valence-corrected chi connectivity index (χ0v) is 8.37. The van der Waals surface area contributed by atoms with Crippen LogP contribution in [0.1, 0.15) is 5.56 Å². The fourth-order valence-electron chi connectivity index (χ4n) is 1.44. The Hall–Kier alpha value is -1.90.